The van der Waals surface area contributed by atoms with Crippen LogP contribution >= 0.6 is 12.2 Å². The molecule has 1 saturated carbocycles. The maximum absolute atomic E-state index is 13.7. The Morgan fingerprint density at radius 2 is 1.92 bits per heavy atom. The molecule has 1 amide bonds. The molecule has 0 radical (unpaired) electrons. The molecule has 0 bridgehead atoms. The van der Waals surface area contributed by atoms with Gasteiger partial charge in [0.2, 0.25) is 0 Å². The van der Waals surface area contributed by atoms with E-state index in [2.05, 4.69) is 10.3 Å². The van der Waals surface area contributed by atoms with Crippen molar-refractivity contribution < 1.29 is 18.0 Å². The van der Waals surface area contributed by atoms with Gasteiger partial charge < -0.3 is 10.2 Å². The van der Waals surface area contributed by atoms with Crippen molar-refractivity contribution in [2.45, 2.75) is 49.9 Å². The normalized spacial score (nSPS) is 20.1. The minimum atomic E-state index is -4.80. The highest BCUT2D eigenvalue weighted by Gasteiger charge is 2.59. The van der Waals surface area contributed by atoms with Gasteiger partial charge in [-0.3, -0.25) is 14.4 Å². The summed E-state index contributed by atoms with van der Waals surface area (Å²) in [6.07, 6.45) is 2.14. The highest BCUT2D eigenvalue weighted by atomic mass is 32.1. The number of carbonyl (C=O) groups is 1. The van der Waals surface area contributed by atoms with Gasteiger partial charge in [0.1, 0.15) is 11.6 Å². The van der Waals surface area contributed by atoms with Crippen molar-refractivity contribution in [1.82, 2.24) is 20.1 Å². The fraction of sp³-hybridized carbons (Fsp3) is 0.400. The van der Waals surface area contributed by atoms with Crippen LogP contribution in [0, 0.1) is 11.3 Å². The van der Waals surface area contributed by atoms with Gasteiger partial charge >= 0.3 is 6.18 Å². The number of fused-ring (bicyclic) bond motifs is 1. The highest BCUT2D eigenvalue weighted by molar-refractivity contribution is 7.81. The second kappa shape index (κ2) is 8.49. The number of anilines is 2. The second-order valence-electron chi connectivity index (χ2n) is 9.68. The molecule has 37 heavy (non-hydrogen) atoms. The molecule has 1 spiro atoms. The van der Waals surface area contributed by atoms with Crippen LogP contribution in [0.3, 0.4) is 0 Å². The minimum Gasteiger partial charge on any atom is -0.317 e. The molecule has 190 valence electrons. The number of nitrogens with zero attached hydrogens (tertiary/aromatic N) is 6. The summed E-state index contributed by atoms with van der Waals surface area (Å²) in [6, 6.07) is 8.22. The first-order valence-corrected chi connectivity index (χ1v) is 12.5. The predicted molar refractivity (Wildman–Crippen MR) is 134 cm³/mol. The van der Waals surface area contributed by atoms with Crippen LogP contribution in [0.25, 0.3) is 10.9 Å². The van der Waals surface area contributed by atoms with E-state index in [0.717, 1.165) is 60.4 Å². The summed E-state index contributed by atoms with van der Waals surface area (Å²) in [6.45, 7) is 1.88. The average molecular weight is 526 g/mol. The van der Waals surface area contributed by atoms with Gasteiger partial charge in [-0.25, -0.2) is 4.98 Å². The van der Waals surface area contributed by atoms with Crippen LogP contribution in [0.4, 0.5) is 24.5 Å². The molecule has 0 atom stereocenters. The molecule has 4 heterocycles. The molecule has 6 rings (SSSR count). The van der Waals surface area contributed by atoms with E-state index in [1.165, 1.54) is 6.07 Å². The zero-order valence-corrected chi connectivity index (χ0v) is 20.4. The van der Waals surface area contributed by atoms with Crippen LogP contribution in [-0.2, 0) is 11.0 Å². The van der Waals surface area contributed by atoms with Crippen LogP contribution in [0.2, 0.25) is 0 Å². The fourth-order valence-corrected chi connectivity index (χ4v) is 5.99. The van der Waals surface area contributed by atoms with Crippen LogP contribution in [0.15, 0.2) is 36.7 Å². The standard InChI is InChI=1S/C25H22F3N7OS/c26-25(27,28)19-11-18(13-31-21(19)12-29)34-22(36)24(6-1-7-24)35(23(34)37)17-2-3-20-15(10-17)14-33(32-20)16-4-8-30-9-5-16/h2-3,10-11,13-14,16,30H,1,4-9H2. The van der Waals surface area contributed by atoms with E-state index in [9.17, 15) is 18.0 Å². The van der Waals surface area contributed by atoms with E-state index in [4.69, 9.17) is 22.6 Å². The number of nitriles is 1. The van der Waals surface area contributed by atoms with Crippen LogP contribution < -0.4 is 15.1 Å². The molecule has 3 aromatic rings. The molecule has 1 aliphatic carbocycles. The summed E-state index contributed by atoms with van der Waals surface area (Å²) in [5.41, 5.74) is -1.49. The van der Waals surface area contributed by atoms with Crippen LogP contribution in [-0.4, -0.2) is 44.4 Å². The number of halogens is 3. The number of carbonyl (C=O) groups excluding carboxylic acids is 1. The van der Waals surface area contributed by atoms with Crippen LogP contribution in [0.5, 0.6) is 0 Å². The average Bonchev–Trinajstić information content (AvgIpc) is 3.39. The van der Waals surface area contributed by atoms with Gasteiger partial charge in [-0.2, -0.15) is 23.5 Å². The van der Waals surface area contributed by atoms with Crippen molar-refractivity contribution in [3.05, 3.63) is 47.9 Å². The third-order valence-corrected chi connectivity index (χ3v) is 7.95. The molecule has 0 unspecified atom stereocenters. The van der Waals surface area contributed by atoms with Gasteiger partial charge in [0.25, 0.3) is 5.91 Å². The number of pyridine rings is 1. The number of hydrogen-bond acceptors (Lipinski definition) is 6. The number of nitrogens with one attached hydrogen (secondary N) is 1. The van der Waals surface area contributed by atoms with Crippen molar-refractivity contribution >= 4 is 45.5 Å². The van der Waals surface area contributed by atoms with E-state index in [1.807, 2.05) is 29.1 Å². The molecule has 1 aromatic carbocycles. The molecular formula is C25H22F3N7OS. The summed E-state index contributed by atoms with van der Waals surface area (Å²) in [5.74, 6) is -0.381. The van der Waals surface area contributed by atoms with E-state index in [1.54, 1.807) is 4.90 Å². The Kier molecular flexibility index (Phi) is 5.47. The van der Waals surface area contributed by atoms with Gasteiger partial charge in [-0.1, -0.05) is 0 Å². The lowest BCUT2D eigenvalue weighted by atomic mass is 9.75. The predicted octanol–water partition coefficient (Wildman–Crippen LogP) is 4.31. The quantitative estimate of drug-likeness (QED) is 0.510. The van der Waals surface area contributed by atoms with Gasteiger partial charge in [0, 0.05) is 17.3 Å². The Bertz CT molecular complexity index is 1470. The Balaban J connectivity index is 1.39. The monoisotopic (exact) mass is 525 g/mol. The molecular weight excluding hydrogens is 503 g/mol. The summed E-state index contributed by atoms with van der Waals surface area (Å²) in [7, 11) is 0. The number of aromatic nitrogens is 3. The van der Waals surface area contributed by atoms with E-state index >= 15 is 0 Å². The maximum Gasteiger partial charge on any atom is 0.419 e. The number of alkyl halides is 3. The Morgan fingerprint density at radius 1 is 1.16 bits per heavy atom. The second-order valence-corrected chi connectivity index (χ2v) is 10.0. The number of piperidine rings is 1. The molecule has 12 heteroatoms. The summed E-state index contributed by atoms with van der Waals surface area (Å²) in [5, 5.41) is 18.2. The lowest BCUT2D eigenvalue weighted by Crippen LogP contribution is -2.55. The zero-order valence-electron chi connectivity index (χ0n) is 19.6. The first-order valence-electron chi connectivity index (χ1n) is 12.1. The highest BCUT2D eigenvalue weighted by Crippen LogP contribution is 2.48. The van der Waals surface area contributed by atoms with Crippen molar-refractivity contribution in [1.29, 1.82) is 5.26 Å². The van der Waals surface area contributed by atoms with Crippen molar-refractivity contribution in [2.24, 2.45) is 0 Å². The van der Waals surface area contributed by atoms with Crippen LogP contribution in [0.1, 0.15) is 49.4 Å². The molecule has 1 N–H and O–H groups in total. The summed E-state index contributed by atoms with van der Waals surface area (Å²) < 4.78 is 42.8. The van der Waals surface area contributed by atoms with Crippen molar-refractivity contribution in [3.63, 3.8) is 0 Å². The molecule has 2 aromatic heterocycles. The minimum absolute atomic E-state index is 0.0921. The van der Waals surface area contributed by atoms with Gasteiger partial charge in [0.15, 0.2) is 10.8 Å². The molecule has 3 fully saturated rings. The van der Waals surface area contributed by atoms with E-state index in [0.29, 0.717) is 24.6 Å². The molecule has 2 aliphatic heterocycles. The summed E-state index contributed by atoms with van der Waals surface area (Å²) >= 11 is 5.71. The summed E-state index contributed by atoms with van der Waals surface area (Å²) in [4.78, 5) is 20.3. The number of rotatable bonds is 3. The topological polar surface area (TPSA) is 90.1 Å². The molecule has 8 nitrogen and oxygen atoms in total. The SMILES string of the molecule is N#Cc1ncc(N2C(=O)C3(CCC3)N(c3ccc4nn(C5CCNCC5)cc4c3)C2=S)cc1C(F)(F)F. The largest absolute Gasteiger partial charge is 0.419 e. The number of thiocarbonyl (C=S) groups is 1. The van der Waals surface area contributed by atoms with Gasteiger partial charge in [-0.15, -0.1) is 0 Å². The first-order chi connectivity index (χ1) is 17.7. The van der Waals surface area contributed by atoms with Crippen molar-refractivity contribution in [2.75, 3.05) is 22.9 Å². The van der Waals surface area contributed by atoms with E-state index < -0.39 is 23.0 Å². The molecule has 3 aliphatic rings. The lowest BCUT2D eigenvalue weighted by molar-refractivity contribution is -0.138. The lowest BCUT2D eigenvalue weighted by Gasteiger charge is -2.43. The third kappa shape index (κ3) is 3.67. The first kappa shape index (κ1) is 23.8. The Hall–Kier alpha value is -3.56. The fourth-order valence-electron chi connectivity index (χ4n) is 5.52. The van der Waals surface area contributed by atoms with Gasteiger partial charge in [-0.05, 0) is 81.7 Å². The van der Waals surface area contributed by atoms with Gasteiger partial charge in [0.05, 0.1) is 29.0 Å². The smallest absolute Gasteiger partial charge is 0.317 e. The zero-order chi connectivity index (χ0) is 25.9. The number of hydrogen-bond donors (Lipinski definition) is 1. The van der Waals surface area contributed by atoms with Crippen molar-refractivity contribution in [3.8, 4) is 6.07 Å². The maximum atomic E-state index is 13.7. The Labute approximate surface area is 215 Å². The number of benzene rings is 1. The Morgan fingerprint density at radius 3 is 2.57 bits per heavy atom. The third-order valence-electron chi connectivity index (χ3n) is 7.58. The van der Waals surface area contributed by atoms with E-state index in [-0.39, 0.29) is 16.7 Å². The number of amides is 1. The molecule has 2 saturated heterocycles.